The number of amides is 1. The molecule has 2 aromatic carbocycles. The highest BCUT2D eigenvalue weighted by Crippen LogP contribution is 2.32. The highest BCUT2D eigenvalue weighted by molar-refractivity contribution is 6.32. The highest BCUT2D eigenvalue weighted by Gasteiger charge is 2.10. The van der Waals surface area contributed by atoms with Crippen molar-refractivity contribution in [2.45, 2.75) is 6.92 Å². The molecular formula is C16H15ClN2O3. The third-order valence-electron chi connectivity index (χ3n) is 2.94. The van der Waals surface area contributed by atoms with Crippen LogP contribution < -0.4 is 10.1 Å². The van der Waals surface area contributed by atoms with Gasteiger partial charge < -0.3 is 15.2 Å². The number of carbonyl (C=O) groups excluding carboxylic acids is 1. The van der Waals surface area contributed by atoms with Crippen LogP contribution in [0.15, 0.2) is 41.4 Å². The molecule has 0 spiro atoms. The number of aromatic hydroxyl groups is 1. The summed E-state index contributed by atoms with van der Waals surface area (Å²) < 4.78 is 5.04. The number of benzene rings is 2. The molecule has 0 aliphatic heterocycles. The molecule has 5 nitrogen and oxygen atoms in total. The predicted molar refractivity (Wildman–Crippen MR) is 86.6 cm³/mol. The minimum absolute atomic E-state index is 0.148. The van der Waals surface area contributed by atoms with Gasteiger partial charge >= 0.3 is 6.09 Å². The lowest BCUT2D eigenvalue weighted by molar-refractivity contribution is 0.203. The molecule has 2 N–H and O–H groups in total. The Morgan fingerprint density at radius 2 is 2.09 bits per heavy atom. The normalized spacial score (nSPS) is 10.7. The first-order valence-corrected chi connectivity index (χ1v) is 6.91. The number of halogens is 1. The minimum Gasteiger partial charge on any atom is -0.507 e. The lowest BCUT2D eigenvalue weighted by Gasteiger charge is -2.08. The van der Waals surface area contributed by atoms with Crippen LogP contribution in [0.2, 0.25) is 5.02 Å². The van der Waals surface area contributed by atoms with E-state index in [0.717, 1.165) is 5.56 Å². The van der Waals surface area contributed by atoms with Gasteiger partial charge in [0.1, 0.15) is 5.75 Å². The van der Waals surface area contributed by atoms with Crippen molar-refractivity contribution in [3.05, 3.63) is 52.5 Å². The van der Waals surface area contributed by atoms with E-state index in [9.17, 15) is 9.90 Å². The van der Waals surface area contributed by atoms with E-state index < -0.39 is 6.09 Å². The number of carbonyl (C=O) groups is 1. The summed E-state index contributed by atoms with van der Waals surface area (Å²) in [6, 6.07) is 10.1. The standard InChI is InChI=1S/C16H15ClN2O3/c1-10-7-15(22-16(21)18-2)12(17)8-13(10)19-9-11-5-3-4-6-14(11)20/h3-9,20H,1-2H3,(H,18,21). The van der Waals surface area contributed by atoms with Gasteiger partial charge in [-0.3, -0.25) is 4.99 Å². The summed E-state index contributed by atoms with van der Waals surface area (Å²) in [6.45, 7) is 1.82. The van der Waals surface area contributed by atoms with Crippen LogP contribution in [-0.2, 0) is 0 Å². The Labute approximate surface area is 133 Å². The molecule has 1 amide bonds. The molecule has 0 unspecified atom stereocenters. The van der Waals surface area contributed by atoms with E-state index >= 15 is 0 Å². The number of phenolic OH excluding ortho intramolecular Hbond substituents is 1. The molecule has 2 aromatic rings. The summed E-state index contributed by atoms with van der Waals surface area (Å²) in [4.78, 5) is 15.5. The average molecular weight is 319 g/mol. The molecule has 0 atom stereocenters. The summed E-state index contributed by atoms with van der Waals surface area (Å²) in [5.41, 5.74) is 2.01. The minimum atomic E-state index is -0.591. The van der Waals surface area contributed by atoms with E-state index in [4.69, 9.17) is 16.3 Å². The van der Waals surface area contributed by atoms with Crippen molar-refractivity contribution < 1.29 is 14.6 Å². The molecule has 114 valence electrons. The number of hydrogen-bond donors (Lipinski definition) is 2. The number of phenols is 1. The zero-order chi connectivity index (χ0) is 16.1. The van der Waals surface area contributed by atoms with Gasteiger partial charge in [0.05, 0.1) is 10.7 Å². The first-order valence-electron chi connectivity index (χ1n) is 6.53. The van der Waals surface area contributed by atoms with E-state index in [2.05, 4.69) is 10.3 Å². The van der Waals surface area contributed by atoms with E-state index in [-0.39, 0.29) is 16.5 Å². The van der Waals surface area contributed by atoms with Crippen molar-refractivity contribution in [2.24, 2.45) is 4.99 Å². The van der Waals surface area contributed by atoms with Crippen molar-refractivity contribution in [1.82, 2.24) is 5.32 Å². The second-order valence-electron chi connectivity index (χ2n) is 4.53. The smallest absolute Gasteiger partial charge is 0.412 e. The average Bonchev–Trinajstić information content (AvgIpc) is 2.50. The SMILES string of the molecule is CNC(=O)Oc1cc(C)c(N=Cc2ccccc2O)cc1Cl. The number of aliphatic imine (C=N–C) groups is 1. The Balaban J connectivity index is 2.28. The number of nitrogens with zero attached hydrogens (tertiary/aromatic N) is 1. The maximum atomic E-state index is 11.2. The third kappa shape index (κ3) is 3.77. The van der Waals surface area contributed by atoms with Crippen LogP contribution in [0.1, 0.15) is 11.1 Å². The molecule has 0 fully saturated rings. The largest absolute Gasteiger partial charge is 0.507 e. The van der Waals surface area contributed by atoms with Gasteiger partial charge in [0.15, 0.2) is 5.75 Å². The molecule has 0 saturated carbocycles. The summed E-state index contributed by atoms with van der Waals surface area (Å²) in [5, 5.41) is 12.3. The fourth-order valence-corrected chi connectivity index (χ4v) is 1.94. The van der Waals surface area contributed by atoms with Crippen LogP contribution in [0.3, 0.4) is 0 Å². The number of rotatable bonds is 3. The lowest BCUT2D eigenvalue weighted by Crippen LogP contribution is -2.22. The molecule has 2 rings (SSSR count). The van der Waals surface area contributed by atoms with Gasteiger partial charge in [0.2, 0.25) is 0 Å². The van der Waals surface area contributed by atoms with Crippen LogP contribution >= 0.6 is 11.6 Å². The Hall–Kier alpha value is -2.53. The van der Waals surface area contributed by atoms with E-state index in [1.54, 1.807) is 42.6 Å². The van der Waals surface area contributed by atoms with Gasteiger partial charge in [0.25, 0.3) is 0 Å². The predicted octanol–water partition coefficient (Wildman–Crippen LogP) is 3.82. The fraction of sp³-hybridized carbons (Fsp3) is 0.125. The molecule has 0 aliphatic rings. The molecule has 0 radical (unpaired) electrons. The summed E-state index contributed by atoms with van der Waals surface area (Å²) in [6.07, 6.45) is 0.958. The Morgan fingerprint density at radius 3 is 2.77 bits per heavy atom. The molecule has 22 heavy (non-hydrogen) atoms. The molecule has 0 saturated heterocycles. The molecule has 0 bridgehead atoms. The second kappa shape index (κ2) is 6.95. The van der Waals surface area contributed by atoms with Gasteiger partial charge in [-0.2, -0.15) is 0 Å². The maximum absolute atomic E-state index is 11.2. The second-order valence-corrected chi connectivity index (χ2v) is 4.93. The quantitative estimate of drug-likeness (QED) is 0.845. The van der Waals surface area contributed by atoms with Gasteiger partial charge in [-0.05, 0) is 36.8 Å². The van der Waals surface area contributed by atoms with Crippen LogP contribution in [0, 0.1) is 6.92 Å². The van der Waals surface area contributed by atoms with Crippen molar-refractivity contribution in [1.29, 1.82) is 0 Å². The van der Waals surface area contributed by atoms with Crippen LogP contribution in [0.5, 0.6) is 11.5 Å². The monoisotopic (exact) mass is 318 g/mol. The number of aryl methyl sites for hydroxylation is 1. The number of para-hydroxylation sites is 1. The molecule has 6 heteroatoms. The van der Waals surface area contributed by atoms with Gasteiger partial charge in [0, 0.05) is 18.8 Å². The fourth-order valence-electron chi connectivity index (χ4n) is 1.75. The van der Waals surface area contributed by atoms with Crippen molar-refractivity contribution in [3.63, 3.8) is 0 Å². The third-order valence-corrected chi connectivity index (χ3v) is 3.23. The van der Waals surface area contributed by atoms with E-state index in [0.29, 0.717) is 11.3 Å². The lowest BCUT2D eigenvalue weighted by atomic mass is 10.2. The maximum Gasteiger partial charge on any atom is 0.412 e. The van der Waals surface area contributed by atoms with Crippen LogP contribution in [-0.4, -0.2) is 24.5 Å². The van der Waals surface area contributed by atoms with Gasteiger partial charge in [-0.15, -0.1) is 0 Å². The summed E-state index contributed by atoms with van der Waals surface area (Å²) >= 11 is 6.09. The van der Waals surface area contributed by atoms with Crippen molar-refractivity contribution in [3.8, 4) is 11.5 Å². The topological polar surface area (TPSA) is 70.9 Å². The zero-order valence-corrected chi connectivity index (χ0v) is 12.9. The molecule has 0 aromatic heterocycles. The zero-order valence-electron chi connectivity index (χ0n) is 12.1. The van der Waals surface area contributed by atoms with E-state index in [1.807, 2.05) is 6.92 Å². The molecule has 0 aliphatic carbocycles. The van der Waals surface area contributed by atoms with Crippen LogP contribution in [0.25, 0.3) is 0 Å². The first-order chi connectivity index (χ1) is 10.5. The van der Waals surface area contributed by atoms with Gasteiger partial charge in [-0.1, -0.05) is 23.7 Å². The number of nitrogens with one attached hydrogen (secondary N) is 1. The summed E-state index contributed by atoms with van der Waals surface area (Å²) in [5.74, 6) is 0.412. The summed E-state index contributed by atoms with van der Waals surface area (Å²) in [7, 11) is 1.47. The Kier molecular flexibility index (Phi) is 5.01. The highest BCUT2D eigenvalue weighted by atomic mass is 35.5. The van der Waals surface area contributed by atoms with E-state index in [1.165, 1.54) is 7.05 Å². The first kappa shape index (κ1) is 15.9. The Bertz CT molecular complexity index is 729. The molecule has 0 heterocycles. The van der Waals surface area contributed by atoms with Crippen molar-refractivity contribution in [2.75, 3.05) is 7.05 Å². The van der Waals surface area contributed by atoms with Crippen molar-refractivity contribution >= 4 is 29.6 Å². The van der Waals surface area contributed by atoms with Gasteiger partial charge in [-0.25, -0.2) is 4.79 Å². The van der Waals surface area contributed by atoms with Crippen LogP contribution in [0.4, 0.5) is 10.5 Å². The Morgan fingerprint density at radius 1 is 1.36 bits per heavy atom. The molecular weight excluding hydrogens is 304 g/mol. The number of ether oxygens (including phenoxy) is 1. The number of hydrogen-bond acceptors (Lipinski definition) is 4.